The van der Waals surface area contributed by atoms with Crippen LogP contribution in [0.5, 0.6) is 0 Å². The van der Waals surface area contributed by atoms with E-state index in [-0.39, 0.29) is 37.4 Å². The van der Waals surface area contributed by atoms with E-state index in [1.165, 1.54) is 5.06 Å². The summed E-state index contributed by atoms with van der Waals surface area (Å²) in [6, 6.07) is 7.55. The molecule has 0 saturated carbocycles. The number of hydroxylamine groups is 1. The lowest BCUT2D eigenvalue weighted by atomic mass is 9.94. The highest BCUT2D eigenvalue weighted by Gasteiger charge is 2.30. The normalized spacial score (nSPS) is 18.6. The van der Waals surface area contributed by atoms with Crippen LogP contribution in [0.2, 0.25) is 0 Å². The summed E-state index contributed by atoms with van der Waals surface area (Å²) in [5.41, 5.74) is 7.44. The van der Waals surface area contributed by atoms with Crippen molar-refractivity contribution in [2.24, 2.45) is 11.7 Å². The number of nitrogens with zero attached hydrogens (tertiary/aromatic N) is 1. The molecule has 20 heavy (non-hydrogen) atoms. The van der Waals surface area contributed by atoms with Gasteiger partial charge in [0.15, 0.2) is 0 Å². The van der Waals surface area contributed by atoms with Crippen LogP contribution in [0.15, 0.2) is 36.2 Å². The van der Waals surface area contributed by atoms with E-state index in [4.69, 9.17) is 10.6 Å². The number of hydrogen-bond donors (Lipinski definition) is 1. The molecule has 0 saturated heterocycles. The van der Waals surface area contributed by atoms with Gasteiger partial charge in [0.25, 0.3) is 5.91 Å². The van der Waals surface area contributed by atoms with Crippen LogP contribution >= 0.6 is 12.4 Å². The Bertz CT molecular complexity index is 508. The van der Waals surface area contributed by atoms with E-state index in [0.717, 1.165) is 11.3 Å². The molecule has 0 fully saturated rings. The maximum absolute atomic E-state index is 12.5. The third-order valence-corrected chi connectivity index (χ3v) is 3.15. The van der Waals surface area contributed by atoms with Crippen molar-refractivity contribution in [2.75, 3.05) is 18.2 Å². The standard InChI is InChI=1S/C14H17FN2O2.ClH/c1-10-6-12-4-2-3-5-13(12)17(14(10)18)19-9-11(7-15)8-16;/h2-5,7,10H,6,8-9,16H2,1H3;1H/b11-7+;. The fourth-order valence-corrected chi connectivity index (χ4v) is 2.03. The molecule has 0 aliphatic carbocycles. The van der Waals surface area contributed by atoms with Crippen LogP contribution in [0.4, 0.5) is 10.1 Å². The molecule has 6 heteroatoms. The van der Waals surface area contributed by atoms with Crippen molar-refractivity contribution >= 4 is 24.0 Å². The second kappa shape index (κ2) is 7.38. The van der Waals surface area contributed by atoms with Gasteiger partial charge in [0, 0.05) is 12.5 Å². The molecule has 0 spiro atoms. The lowest BCUT2D eigenvalue weighted by molar-refractivity contribution is -0.129. The average molecular weight is 301 g/mol. The van der Waals surface area contributed by atoms with Crippen LogP contribution in [-0.2, 0) is 16.1 Å². The van der Waals surface area contributed by atoms with E-state index in [1.807, 2.05) is 31.2 Å². The van der Waals surface area contributed by atoms with Crippen LogP contribution in [0.1, 0.15) is 12.5 Å². The van der Waals surface area contributed by atoms with Gasteiger partial charge < -0.3 is 5.73 Å². The molecule has 0 bridgehead atoms. The number of rotatable bonds is 4. The third kappa shape index (κ3) is 3.36. The molecule has 1 unspecified atom stereocenters. The minimum absolute atomic E-state index is 0. The number of benzene rings is 1. The van der Waals surface area contributed by atoms with Gasteiger partial charge >= 0.3 is 0 Å². The molecular formula is C14H18ClFN2O2. The Balaban J connectivity index is 0.00000200. The summed E-state index contributed by atoms with van der Waals surface area (Å²) in [4.78, 5) is 17.6. The Morgan fingerprint density at radius 3 is 2.90 bits per heavy atom. The van der Waals surface area contributed by atoms with Crippen molar-refractivity contribution in [1.82, 2.24) is 0 Å². The summed E-state index contributed by atoms with van der Waals surface area (Å²) >= 11 is 0. The summed E-state index contributed by atoms with van der Waals surface area (Å²) in [5.74, 6) is -0.264. The van der Waals surface area contributed by atoms with Crippen molar-refractivity contribution in [3.63, 3.8) is 0 Å². The Labute approximate surface area is 123 Å². The van der Waals surface area contributed by atoms with E-state index in [1.54, 1.807) is 0 Å². The largest absolute Gasteiger partial charge is 0.327 e. The quantitative estimate of drug-likeness (QED) is 0.929. The molecule has 2 rings (SSSR count). The van der Waals surface area contributed by atoms with Crippen LogP contribution in [0, 0.1) is 5.92 Å². The first-order valence-electron chi connectivity index (χ1n) is 6.20. The molecule has 0 radical (unpaired) electrons. The molecule has 1 amide bonds. The number of amides is 1. The van der Waals surface area contributed by atoms with Crippen LogP contribution in [-0.4, -0.2) is 19.1 Å². The number of fused-ring (bicyclic) bond motifs is 1. The van der Waals surface area contributed by atoms with E-state index < -0.39 is 0 Å². The average Bonchev–Trinajstić information content (AvgIpc) is 2.43. The summed E-state index contributed by atoms with van der Waals surface area (Å²) in [6.45, 7) is 1.89. The molecule has 0 aromatic heterocycles. The zero-order chi connectivity index (χ0) is 13.8. The zero-order valence-corrected chi connectivity index (χ0v) is 12.0. The minimum Gasteiger partial charge on any atom is -0.327 e. The molecule has 1 aromatic rings. The highest BCUT2D eigenvalue weighted by molar-refractivity contribution is 5.96. The maximum atomic E-state index is 12.5. The predicted octanol–water partition coefficient (Wildman–Crippen LogP) is 2.38. The molecule has 1 aliphatic rings. The molecule has 1 aromatic carbocycles. The van der Waals surface area contributed by atoms with Gasteiger partial charge in [-0.25, -0.2) is 4.39 Å². The van der Waals surface area contributed by atoms with Crippen LogP contribution < -0.4 is 10.8 Å². The second-order valence-electron chi connectivity index (χ2n) is 4.61. The summed E-state index contributed by atoms with van der Waals surface area (Å²) in [5, 5.41) is 1.25. The zero-order valence-electron chi connectivity index (χ0n) is 11.2. The highest BCUT2D eigenvalue weighted by Crippen LogP contribution is 2.30. The first-order valence-corrected chi connectivity index (χ1v) is 6.20. The molecule has 1 atom stereocenters. The number of para-hydroxylation sites is 1. The summed E-state index contributed by atoms with van der Waals surface area (Å²) in [6.07, 6.45) is 1.11. The van der Waals surface area contributed by atoms with Crippen molar-refractivity contribution in [2.45, 2.75) is 13.3 Å². The van der Waals surface area contributed by atoms with Crippen LogP contribution in [0.3, 0.4) is 0 Å². The predicted molar refractivity (Wildman–Crippen MR) is 78.2 cm³/mol. The lowest BCUT2D eigenvalue weighted by Crippen LogP contribution is -2.40. The van der Waals surface area contributed by atoms with Gasteiger partial charge in [0.1, 0.15) is 6.61 Å². The molecular weight excluding hydrogens is 283 g/mol. The van der Waals surface area contributed by atoms with Gasteiger partial charge in [-0.05, 0) is 23.6 Å². The lowest BCUT2D eigenvalue weighted by Gasteiger charge is -2.31. The monoisotopic (exact) mass is 300 g/mol. The Hall–Kier alpha value is -1.43. The van der Waals surface area contributed by atoms with Crippen molar-refractivity contribution in [3.8, 4) is 0 Å². The van der Waals surface area contributed by atoms with E-state index in [2.05, 4.69) is 0 Å². The number of nitrogens with two attached hydrogens (primary N) is 1. The Kier molecular flexibility index (Phi) is 6.13. The fourth-order valence-electron chi connectivity index (χ4n) is 2.03. The first-order chi connectivity index (χ1) is 9.17. The molecule has 1 aliphatic heterocycles. The van der Waals surface area contributed by atoms with Gasteiger partial charge in [-0.3, -0.25) is 9.63 Å². The van der Waals surface area contributed by atoms with Crippen molar-refractivity contribution in [3.05, 3.63) is 41.7 Å². The number of carbonyl (C=O) groups excluding carboxylic acids is 1. The summed E-state index contributed by atoms with van der Waals surface area (Å²) in [7, 11) is 0. The van der Waals surface area contributed by atoms with Gasteiger partial charge in [-0.15, -0.1) is 12.4 Å². The number of hydrogen-bond acceptors (Lipinski definition) is 3. The Morgan fingerprint density at radius 1 is 1.55 bits per heavy atom. The molecule has 2 N–H and O–H groups in total. The van der Waals surface area contributed by atoms with Crippen molar-refractivity contribution in [1.29, 1.82) is 0 Å². The van der Waals surface area contributed by atoms with Gasteiger partial charge in [-0.2, -0.15) is 5.06 Å². The summed E-state index contributed by atoms with van der Waals surface area (Å²) < 4.78 is 12.5. The minimum atomic E-state index is -0.148. The fraction of sp³-hybridized carbons (Fsp3) is 0.357. The third-order valence-electron chi connectivity index (χ3n) is 3.15. The van der Waals surface area contributed by atoms with Crippen molar-refractivity contribution < 1.29 is 14.0 Å². The maximum Gasteiger partial charge on any atom is 0.254 e. The van der Waals surface area contributed by atoms with E-state index in [0.29, 0.717) is 18.3 Å². The molecule has 1 heterocycles. The second-order valence-corrected chi connectivity index (χ2v) is 4.61. The van der Waals surface area contributed by atoms with E-state index in [9.17, 15) is 9.18 Å². The first kappa shape index (κ1) is 16.6. The number of halogens is 2. The van der Waals surface area contributed by atoms with Gasteiger partial charge in [0.05, 0.1) is 12.0 Å². The van der Waals surface area contributed by atoms with E-state index >= 15 is 0 Å². The van der Waals surface area contributed by atoms with Gasteiger partial charge in [-0.1, -0.05) is 25.1 Å². The topological polar surface area (TPSA) is 55.6 Å². The smallest absolute Gasteiger partial charge is 0.254 e. The molecule has 110 valence electrons. The number of anilines is 1. The number of carbonyl (C=O) groups is 1. The highest BCUT2D eigenvalue weighted by atomic mass is 35.5. The Morgan fingerprint density at radius 2 is 2.25 bits per heavy atom. The SMILES string of the molecule is CC1Cc2ccccc2N(OC/C(=C/F)CN)C1=O.Cl. The van der Waals surface area contributed by atoms with Crippen LogP contribution in [0.25, 0.3) is 0 Å². The molecule has 4 nitrogen and oxygen atoms in total. The van der Waals surface area contributed by atoms with Gasteiger partial charge in [0.2, 0.25) is 0 Å².